The van der Waals surface area contributed by atoms with Gasteiger partial charge >= 0.3 is 5.69 Å². The molecule has 0 spiro atoms. The van der Waals surface area contributed by atoms with E-state index in [1.54, 1.807) is 13.2 Å². The van der Waals surface area contributed by atoms with E-state index in [2.05, 4.69) is 22.0 Å². The second-order valence-corrected chi connectivity index (χ2v) is 10.5. The topological polar surface area (TPSA) is 67.3 Å². The first-order chi connectivity index (χ1) is 16.0. The third-order valence-electron chi connectivity index (χ3n) is 7.29. The average Bonchev–Trinajstić information content (AvgIpc) is 3.40. The first-order valence-corrected chi connectivity index (χ1v) is 12.5. The lowest BCUT2D eigenvalue weighted by Crippen LogP contribution is -2.38. The van der Waals surface area contributed by atoms with Crippen LogP contribution in [0.3, 0.4) is 0 Å². The van der Waals surface area contributed by atoms with Crippen molar-refractivity contribution in [1.29, 1.82) is 0 Å². The van der Waals surface area contributed by atoms with Gasteiger partial charge in [-0.3, -0.25) is 9.36 Å². The number of thiophene rings is 1. The molecule has 6 rings (SSSR count). The smallest absolute Gasteiger partial charge is 0.328 e. The minimum atomic E-state index is -0.376. The monoisotopic (exact) mass is 481 g/mol. The lowest BCUT2D eigenvalue weighted by molar-refractivity contribution is 0.303. The molecule has 3 heterocycles. The van der Waals surface area contributed by atoms with E-state index in [9.17, 15) is 9.59 Å². The summed E-state index contributed by atoms with van der Waals surface area (Å²) in [6.45, 7) is 2.98. The second-order valence-electron chi connectivity index (χ2n) is 9.00. The number of likely N-dealkylation sites (tertiary alicyclic amines) is 1. The van der Waals surface area contributed by atoms with E-state index in [1.165, 1.54) is 27.0 Å². The van der Waals surface area contributed by atoms with Crippen molar-refractivity contribution in [2.45, 2.75) is 25.3 Å². The molecular weight excluding hydrogens is 458 g/mol. The van der Waals surface area contributed by atoms with Crippen LogP contribution in [-0.2, 0) is 13.0 Å². The summed E-state index contributed by atoms with van der Waals surface area (Å²) < 4.78 is 8.38. The Labute approximate surface area is 199 Å². The number of hydrogen-bond donors (Lipinski definition) is 1. The molecule has 1 aliphatic carbocycles. The fraction of sp³-hybridized carbons (Fsp3) is 0.360. The summed E-state index contributed by atoms with van der Waals surface area (Å²) in [5.41, 5.74) is 2.66. The standard InChI is InChI=1S/C25H24ClN3O3S/c1-32-19-6-2-4-15-16(19)9-8-14-12-28(13-17(14)15)10-11-29-24(30)23-22(27-25(29)31)21-18(26)5-3-7-20(21)33-23/h2-7,14,17H,8-13H2,1H3,(H,27,31)/t14-,17+/m0/s1. The zero-order chi connectivity index (χ0) is 22.7. The van der Waals surface area contributed by atoms with Gasteiger partial charge in [0.05, 0.1) is 17.6 Å². The molecule has 2 atom stereocenters. The van der Waals surface area contributed by atoms with Crippen molar-refractivity contribution in [2.75, 3.05) is 26.7 Å². The van der Waals surface area contributed by atoms with Crippen LogP contribution in [0.5, 0.6) is 5.75 Å². The third-order valence-corrected chi connectivity index (χ3v) is 8.75. The normalized spacial score (nSPS) is 20.3. The molecule has 0 bridgehead atoms. The van der Waals surface area contributed by atoms with E-state index in [-0.39, 0.29) is 11.2 Å². The molecule has 1 aliphatic heterocycles. The van der Waals surface area contributed by atoms with E-state index in [1.807, 2.05) is 18.2 Å². The molecule has 0 radical (unpaired) electrons. The van der Waals surface area contributed by atoms with Gasteiger partial charge in [-0.1, -0.05) is 29.8 Å². The van der Waals surface area contributed by atoms with Crippen LogP contribution in [0.25, 0.3) is 20.3 Å². The first-order valence-electron chi connectivity index (χ1n) is 11.3. The Bertz CT molecular complexity index is 1500. The molecule has 33 heavy (non-hydrogen) atoms. The first kappa shape index (κ1) is 21.0. The number of methoxy groups -OCH3 is 1. The second kappa shape index (κ2) is 8.01. The largest absolute Gasteiger partial charge is 0.496 e. The van der Waals surface area contributed by atoms with Crippen molar-refractivity contribution >= 4 is 43.2 Å². The Hall–Kier alpha value is -2.61. The van der Waals surface area contributed by atoms with Gasteiger partial charge in [-0.05, 0) is 48.1 Å². The maximum atomic E-state index is 13.2. The molecular formula is C25H24ClN3O3S. The molecule has 8 heteroatoms. The van der Waals surface area contributed by atoms with Gasteiger partial charge in [-0.2, -0.15) is 0 Å². The van der Waals surface area contributed by atoms with Gasteiger partial charge in [0, 0.05) is 42.2 Å². The van der Waals surface area contributed by atoms with Crippen LogP contribution in [0, 0.1) is 5.92 Å². The number of rotatable bonds is 4. The maximum Gasteiger partial charge on any atom is 0.328 e. The highest BCUT2D eigenvalue weighted by molar-refractivity contribution is 7.25. The number of nitrogens with zero attached hydrogens (tertiary/aromatic N) is 2. The van der Waals surface area contributed by atoms with Crippen LogP contribution in [-0.4, -0.2) is 41.2 Å². The van der Waals surface area contributed by atoms with Crippen molar-refractivity contribution in [1.82, 2.24) is 14.5 Å². The zero-order valence-electron chi connectivity index (χ0n) is 18.3. The van der Waals surface area contributed by atoms with Crippen LogP contribution < -0.4 is 16.0 Å². The zero-order valence-corrected chi connectivity index (χ0v) is 19.8. The van der Waals surface area contributed by atoms with Gasteiger partial charge in [0.25, 0.3) is 5.56 Å². The molecule has 6 nitrogen and oxygen atoms in total. The maximum absolute atomic E-state index is 13.2. The fourth-order valence-electron chi connectivity index (χ4n) is 5.72. The number of aromatic nitrogens is 2. The quantitative estimate of drug-likeness (QED) is 0.473. The highest BCUT2D eigenvalue weighted by Gasteiger charge is 2.38. The van der Waals surface area contributed by atoms with Crippen molar-refractivity contribution in [3.63, 3.8) is 0 Å². The van der Waals surface area contributed by atoms with Crippen molar-refractivity contribution in [3.05, 3.63) is 73.4 Å². The summed E-state index contributed by atoms with van der Waals surface area (Å²) in [6, 6.07) is 11.9. The van der Waals surface area contributed by atoms with Gasteiger partial charge in [-0.25, -0.2) is 4.79 Å². The number of fused-ring (bicyclic) bond motifs is 6. The number of H-pyrrole nitrogens is 1. The van der Waals surface area contributed by atoms with Crippen LogP contribution >= 0.6 is 22.9 Å². The van der Waals surface area contributed by atoms with E-state index < -0.39 is 0 Å². The summed E-state index contributed by atoms with van der Waals surface area (Å²) in [6.07, 6.45) is 2.18. The van der Waals surface area contributed by atoms with Crippen LogP contribution in [0.1, 0.15) is 23.5 Å². The van der Waals surface area contributed by atoms with E-state index in [4.69, 9.17) is 16.3 Å². The molecule has 4 aromatic rings. The molecule has 2 aromatic carbocycles. The van der Waals surface area contributed by atoms with Crippen LogP contribution in [0.4, 0.5) is 0 Å². The lowest BCUT2D eigenvalue weighted by Gasteiger charge is -2.28. The number of aromatic amines is 1. The van der Waals surface area contributed by atoms with Gasteiger partial charge in [-0.15, -0.1) is 11.3 Å². The predicted octanol–water partition coefficient (Wildman–Crippen LogP) is 4.23. The summed E-state index contributed by atoms with van der Waals surface area (Å²) in [5, 5.41) is 1.29. The van der Waals surface area contributed by atoms with Crippen molar-refractivity contribution < 1.29 is 4.74 Å². The molecule has 1 fully saturated rings. The fourth-order valence-corrected chi connectivity index (χ4v) is 7.17. The minimum absolute atomic E-state index is 0.238. The van der Waals surface area contributed by atoms with Crippen LogP contribution in [0.2, 0.25) is 5.02 Å². The molecule has 2 aliphatic rings. The summed E-state index contributed by atoms with van der Waals surface area (Å²) >= 11 is 7.73. The Kier molecular flexibility index (Phi) is 5.09. The Morgan fingerprint density at radius 3 is 2.85 bits per heavy atom. The third kappa shape index (κ3) is 3.33. The van der Waals surface area contributed by atoms with Crippen molar-refractivity contribution in [2.24, 2.45) is 5.92 Å². The van der Waals surface area contributed by atoms with E-state index >= 15 is 0 Å². The van der Waals surface area contributed by atoms with Gasteiger partial charge in [0.15, 0.2) is 0 Å². The van der Waals surface area contributed by atoms with Gasteiger partial charge in [0.1, 0.15) is 10.4 Å². The Morgan fingerprint density at radius 1 is 1.15 bits per heavy atom. The summed E-state index contributed by atoms with van der Waals surface area (Å²) in [4.78, 5) is 31.3. The van der Waals surface area contributed by atoms with Crippen LogP contribution in [0.15, 0.2) is 46.0 Å². The number of hydrogen-bond acceptors (Lipinski definition) is 5. The highest BCUT2D eigenvalue weighted by atomic mass is 35.5. The summed E-state index contributed by atoms with van der Waals surface area (Å²) in [7, 11) is 1.74. The summed E-state index contributed by atoms with van der Waals surface area (Å²) in [5.74, 6) is 2.07. The molecule has 0 saturated carbocycles. The van der Waals surface area contributed by atoms with E-state index in [0.717, 1.165) is 41.8 Å². The highest BCUT2D eigenvalue weighted by Crippen LogP contribution is 2.44. The molecule has 0 amide bonds. The van der Waals surface area contributed by atoms with Gasteiger partial charge in [0.2, 0.25) is 0 Å². The Morgan fingerprint density at radius 2 is 2.00 bits per heavy atom. The molecule has 1 N–H and O–H groups in total. The molecule has 2 aromatic heterocycles. The average molecular weight is 482 g/mol. The minimum Gasteiger partial charge on any atom is -0.496 e. The van der Waals surface area contributed by atoms with E-state index in [0.29, 0.717) is 40.2 Å². The molecule has 170 valence electrons. The molecule has 0 unspecified atom stereocenters. The number of benzene rings is 2. The predicted molar refractivity (Wildman–Crippen MR) is 133 cm³/mol. The Balaban J connectivity index is 1.27. The number of nitrogens with one attached hydrogen (secondary N) is 1. The number of halogens is 1. The number of ether oxygens (including phenoxy) is 1. The van der Waals surface area contributed by atoms with Gasteiger partial charge < -0.3 is 14.6 Å². The lowest BCUT2D eigenvalue weighted by atomic mass is 9.77. The molecule has 1 saturated heterocycles. The van der Waals surface area contributed by atoms with Crippen molar-refractivity contribution in [3.8, 4) is 5.75 Å². The SMILES string of the molecule is COc1cccc2c1CC[C@H]1CN(CCn3c(=O)[nH]c4c(sc5cccc(Cl)c54)c3=O)C[C@@H]21.